The van der Waals surface area contributed by atoms with Crippen LogP contribution in [-0.2, 0) is 9.59 Å². The molecular formula is C18H18Cl2N4O2. The van der Waals surface area contributed by atoms with Gasteiger partial charge in [0.05, 0.1) is 23.8 Å². The zero-order chi connectivity index (χ0) is 18.5. The number of nitrogens with one attached hydrogen (secondary N) is 2. The molecule has 2 unspecified atom stereocenters. The van der Waals surface area contributed by atoms with Gasteiger partial charge in [-0.2, -0.15) is 0 Å². The molecule has 2 heterocycles. The van der Waals surface area contributed by atoms with Crippen LogP contribution in [0.5, 0.6) is 0 Å². The number of hydrogen-bond acceptors (Lipinski definition) is 4. The quantitative estimate of drug-likeness (QED) is 0.764. The number of carbonyl (C=O) groups is 2. The third-order valence-corrected chi connectivity index (χ3v) is 4.85. The zero-order valence-electron chi connectivity index (χ0n) is 13.9. The highest BCUT2D eigenvalue weighted by Crippen LogP contribution is 2.31. The number of halogens is 2. The Morgan fingerprint density at radius 1 is 0.846 bits per heavy atom. The van der Waals surface area contributed by atoms with E-state index < -0.39 is 0 Å². The van der Waals surface area contributed by atoms with E-state index in [1.165, 1.54) is 12.4 Å². The average molecular weight is 393 g/mol. The molecular weight excluding hydrogens is 375 g/mol. The number of nitrogens with zero attached hydrogens (tertiary/aromatic N) is 2. The van der Waals surface area contributed by atoms with E-state index in [2.05, 4.69) is 20.6 Å². The fourth-order valence-electron chi connectivity index (χ4n) is 3.05. The first-order valence-corrected chi connectivity index (χ1v) is 9.11. The third-order valence-electron chi connectivity index (χ3n) is 4.41. The minimum atomic E-state index is -0.210. The molecule has 1 fully saturated rings. The topological polar surface area (TPSA) is 84.0 Å². The fourth-order valence-corrected chi connectivity index (χ4v) is 3.28. The van der Waals surface area contributed by atoms with Crippen molar-refractivity contribution >= 4 is 46.4 Å². The number of amides is 2. The van der Waals surface area contributed by atoms with E-state index in [4.69, 9.17) is 23.2 Å². The summed E-state index contributed by atoms with van der Waals surface area (Å²) in [7, 11) is 0. The van der Waals surface area contributed by atoms with Gasteiger partial charge in [0.1, 0.15) is 10.3 Å². The van der Waals surface area contributed by atoms with Gasteiger partial charge in [-0.25, -0.2) is 9.97 Å². The first-order chi connectivity index (χ1) is 12.5. The van der Waals surface area contributed by atoms with Crippen LogP contribution in [0, 0.1) is 11.8 Å². The molecule has 0 bridgehead atoms. The molecule has 0 aliphatic heterocycles. The lowest BCUT2D eigenvalue weighted by Crippen LogP contribution is -2.33. The van der Waals surface area contributed by atoms with Crippen LogP contribution in [0.3, 0.4) is 0 Å². The molecule has 1 aliphatic rings. The number of carbonyl (C=O) groups excluding carboxylic acids is 2. The van der Waals surface area contributed by atoms with Gasteiger partial charge in [-0.15, -0.1) is 0 Å². The van der Waals surface area contributed by atoms with Gasteiger partial charge in [-0.3, -0.25) is 9.59 Å². The molecule has 1 aliphatic carbocycles. The molecule has 0 aromatic carbocycles. The Bertz CT molecular complexity index is 715. The second kappa shape index (κ2) is 8.47. The van der Waals surface area contributed by atoms with Crippen LogP contribution in [-0.4, -0.2) is 21.8 Å². The molecule has 26 heavy (non-hydrogen) atoms. The Kier molecular flexibility index (Phi) is 6.06. The number of aromatic nitrogens is 2. The first kappa shape index (κ1) is 18.6. The van der Waals surface area contributed by atoms with Crippen LogP contribution in [0.25, 0.3) is 0 Å². The predicted molar refractivity (Wildman–Crippen MR) is 101 cm³/mol. The molecule has 1 saturated carbocycles. The molecule has 2 atom stereocenters. The molecule has 0 radical (unpaired) electrons. The van der Waals surface area contributed by atoms with Gasteiger partial charge in [0.2, 0.25) is 11.8 Å². The molecule has 0 spiro atoms. The molecule has 3 rings (SSSR count). The summed E-state index contributed by atoms with van der Waals surface area (Å²) in [5, 5.41) is 6.41. The van der Waals surface area contributed by atoms with Crippen molar-refractivity contribution in [3.05, 3.63) is 47.0 Å². The smallest absolute Gasteiger partial charge is 0.227 e. The molecule has 136 valence electrons. The van der Waals surface area contributed by atoms with Crippen molar-refractivity contribution in [3.8, 4) is 0 Å². The fraction of sp³-hybridized carbons (Fsp3) is 0.333. The predicted octanol–water partition coefficient (Wildman–Crippen LogP) is 4.17. The third kappa shape index (κ3) is 4.93. The summed E-state index contributed by atoms with van der Waals surface area (Å²) in [6.07, 6.45) is 5.90. The lowest BCUT2D eigenvalue weighted by molar-refractivity contribution is -0.124. The van der Waals surface area contributed by atoms with Gasteiger partial charge in [0.15, 0.2) is 0 Å². The lowest BCUT2D eigenvalue weighted by atomic mass is 9.80. The summed E-state index contributed by atoms with van der Waals surface area (Å²) in [5.74, 6) is -0.614. The van der Waals surface area contributed by atoms with E-state index in [0.717, 1.165) is 19.3 Å². The van der Waals surface area contributed by atoms with Crippen LogP contribution in [0.15, 0.2) is 36.7 Å². The molecule has 2 amide bonds. The molecule has 2 aromatic heterocycles. The Labute approximate surface area is 161 Å². The van der Waals surface area contributed by atoms with Crippen LogP contribution in [0.4, 0.5) is 11.4 Å². The van der Waals surface area contributed by atoms with E-state index in [1.807, 2.05) is 0 Å². The minimum Gasteiger partial charge on any atom is -0.324 e. The maximum Gasteiger partial charge on any atom is 0.227 e. The van der Waals surface area contributed by atoms with Crippen molar-refractivity contribution in [3.63, 3.8) is 0 Å². The normalized spacial score (nSPS) is 19.6. The number of rotatable bonds is 4. The van der Waals surface area contributed by atoms with Crippen molar-refractivity contribution in [1.82, 2.24) is 9.97 Å². The number of hydrogen-bond donors (Lipinski definition) is 2. The van der Waals surface area contributed by atoms with Crippen molar-refractivity contribution in [2.75, 3.05) is 10.6 Å². The Morgan fingerprint density at radius 3 is 1.69 bits per heavy atom. The van der Waals surface area contributed by atoms with Crippen LogP contribution in [0.1, 0.15) is 25.7 Å². The Morgan fingerprint density at radius 2 is 1.31 bits per heavy atom. The first-order valence-electron chi connectivity index (χ1n) is 8.36. The second-order valence-corrected chi connectivity index (χ2v) is 7.05. The van der Waals surface area contributed by atoms with Crippen LogP contribution in [0.2, 0.25) is 10.3 Å². The van der Waals surface area contributed by atoms with Crippen molar-refractivity contribution in [2.24, 2.45) is 11.8 Å². The van der Waals surface area contributed by atoms with E-state index in [-0.39, 0.29) is 23.7 Å². The Hall–Kier alpha value is -2.18. The van der Waals surface area contributed by atoms with E-state index in [0.29, 0.717) is 28.1 Å². The van der Waals surface area contributed by atoms with Gasteiger partial charge in [-0.05, 0) is 43.5 Å². The average Bonchev–Trinajstić information content (AvgIpc) is 2.65. The molecule has 6 nitrogen and oxygen atoms in total. The van der Waals surface area contributed by atoms with E-state index in [9.17, 15) is 9.59 Å². The molecule has 2 N–H and O–H groups in total. The summed E-state index contributed by atoms with van der Waals surface area (Å²) in [4.78, 5) is 32.9. The van der Waals surface area contributed by atoms with Crippen molar-refractivity contribution in [2.45, 2.75) is 25.7 Å². The standard InChI is InChI=1S/C18H18Cl2N4O2/c19-15-6-4-13(9-21-15)23-17(25)11-2-1-3-12(8-11)18(26)24-14-5-7-16(20)22-10-14/h4-7,9-12H,1-3,8H2,(H,23,25)(H,24,26). The summed E-state index contributed by atoms with van der Waals surface area (Å²) < 4.78 is 0. The molecule has 8 heteroatoms. The van der Waals surface area contributed by atoms with E-state index >= 15 is 0 Å². The monoisotopic (exact) mass is 392 g/mol. The summed E-state index contributed by atoms with van der Waals surface area (Å²) in [6.45, 7) is 0. The molecule has 2 aromatic rings. The van der Waals surface area contributed by atoms with E-state index in [1.54, 1.807) is 24.3 Å². The van der Waals surface area contributed by atoms with Gasteiger partial charge >= 0.3 is 0 Å². The summed E-state index contributed by atoms with van der Waals surface area (Å²) >= 11 is 11.5. The van der Waals surface area contributed by atoms with Crippen molar-refractivity contribution < 1.29 is 9.59 Å². The highest BCUT2D eigenvalue weighted by Gasteiger charge is 2.31. The maximum atomic E-state index is 12.5. The zero-order valence-corrected chi connectivity index (χ0v) is 15.4. The summed E-state index contributed by atoms with van der Waals surface area (Å²) in [6, 6.07) is 6.64. The Balaban J connectivity index is 1.57. The minimum absolute atomic E-state index is 0.0974. The largest absolute Gasteiger partial charge is 0.324 e. The van der Waals surface area contributed by atoms with Gasteiger partial charge in [0, 0.05) is 11.8 Å². The summed E-state index contributed by atoms with van der Waals surface area (Å²) in [5.41, 5.74) is 1.19. The van der Waals surface area contributed by atoms with Gasteiger partial charge in [0.25, 0.3) is 0 Å². The van der Waals surface area contributed by atoms with Crippen LogP contribution >= 0.6 is 23.2 Å². The highest BCUT2D eigenvalue weighted by atomic mass is 35.5. The number of pyridine rings is 2. The van der Waals surface area contributed by atoms with Gasteiger partial charge < -0.3 is 10.6 Å². The van der Waals surface area contributed by atoms with Crippen LogP contribution < -0.4 is 10.6 Å². The SMILES string of the molecule is O=C(Nc1ccc(Cl)nc1)C1CCCC(C(=O)Nc2ccc(Cl)nc2)C1. The second-order valence-electron chi connectivity index (χ2n) is 6.28. The maximum absolute atomic E-state index is 12.5. The molecule has 0 saturated heterocycles. The number of anilines is 2. The lowest BCUT2D eigenvalue weighted by Gasteiger charge is -2.27. The van der Waals surface area contributed by atoms with Crippen molar-refractivity contribution in [1.29, 1.82) is 0 Å². The van der Waals surface area contributed by atoms with Gasteiger partial charge in [-0.1, -0.05) is 29.6 Å². The highest BCUT2D eigenvalue weighted by molar-refractivity contribution is 6.29.